The predicted octanol–water partition coefficient (Wildman–Crippen LogP) is 2.64. The molecule has 0 heterocycles. The average molecular weight is 252 g/mol. The fourth-order valence-electron chi connectivity index (χ4n) is 1.23. The largest absolute Gasteiger partial charge is 0.493 e. The Kier molecular flexibility index (Phi) is 3.59. The Balaban J connectivity index is 3.44. The first-order valence-electron chi connectivity index (χ1n) is 4.34. The molecule has 0 fully saturated rings. The number of methoxy groups -OCH3 is 2. The van der Waals surface area contributed by atoms with Gasteiger partial charge in [-0.15, -0.1) is 0 Å². The Hall–Kier alpha value is -1.79. The molecule has 0 saturated heterocycles. The van der Waals surface area contributed by atoms with Crippen molar-refractivity contribution in [3.8, 4) is 5.75 Å². The van der Waals surface area contributed by atoms with Crippen LogP contribution in [0, 0.1) is 5.82 Å². The van der Waals surface area contributed by atoms with Crippen LogP contribution in [0.15, 0.2) is 12.1 Å². The minimum absolute atomic E-state index is 0.255. The second-order valence-electron chi connectivity index (χ2n) is 3.03. The van der Waals surface area contributed by atoms with E-state index in [1.807, 2.05) is 0 Å². The zero-order valence-corrected chi connectivity index (χ0v) is 8.89. The molecule has 94 valence electrons. The predicted molar refractivity (Wildman–Crippen MR) is 49.3 cm³/mol. The van der Waals surface area contributed by atoms with Gasteiger partial charge in [0.15, 0.2) is 11.6 Å². The van der Waals surface area contributed by atoms with Gasteiger partial charge >= 0.3 is 12.1 Å². The lowest BCUT2D eigenvalue weighted by atomic mass is 10.1. The van der Waals surface area contributed by atoms with Crippen molar-refractivity contribution in [3.63, 3.8) is 0 Å². The number of benzene rings is 1. The second-order valence-corrected chi connectivity index (χ2v) is 3.03. The van der Waals surface area contributed by atoms with Gasteiger partial charge in [-0.2, -0.15) is 13.2 Å². The molecule has 7 heteroatoms. The number of ether oxygens (including phenoxy) is 2. The maximum atomic E-state index is 13.3. The van der Waals surface area contributed by atoms with E-state index in [1.165, 1.54) is 0 Å². The molecule has 0 bridgehead atoms. The van der Waals surface area contributed by atoms with Crippen LogP contribution < -0.4 is 4.74 Å². The van der Waals surface area contributed by atoms with E-state index in [0.717, 1.165) is 14.2 Å². The summed E-state index contributed by atoms with van der Waals surface area (Å²) in [5, 5.41) is 0. The van der Waals surface area contributed by atoms with Gasteiger partial charge in [0.1, 0.15) is 5.56 Å². The quantitative estimate of drug-likeness (QED) is 0.599. The summed E-state index contributed by atoms with van der Waals surface area (Å²) in [5.41, 5.74) is -1.89. The Bertz CT molecular complexity index is 440. The smallest absolute Gasteiger partial charge is 0.416 e. The van der Waals surface area contributed by atoms with E-state index in [2.05, 4.69) is 9.47 Å². The Morgan fingerprint density at radius 3 is 2.24 bits per heavy atom. The molecule has 1 rings (SSSR count). The molecular formula is C10H8F4O3. The van der Waals surface area contributed by atoms with Crippen LogP contribution in [0.1, 0.15) is 15.9 Å². The molecule has 0 aromatic heterocycles. The van der Waals surface area contributed by atoms with E-state index in [0.29, 0.717) is 6.07 Å². The minimum atomic E-state index is -4.75. The Morgan fingerprint density at radius 2 is 1.82 bits per heavy atom. The molecule has 0 aliphatic heterocycles. The highest BCUT2D eigenvalue weighted by molar-refractivity contribution is 5.92. The van der Waals surface area contributed by atoms with Crippen LogP contribution in [0.5, 0.6) is 5.75 Å². The van der Waals surface area contributed by atoms with Gasteiger partial charge in [-0.05, 0) is 12.1 Å². The van der Waals surface area contributed by atoms with Crippen LogP contribution in [0.2, 0.25) is 0 Å². The molecule has 17 heavy (non-hydrogen) atoms. The molecule has 0 radical (unpaired) electrons. The number of carbonyl (C=O) groups is 1. The monoisotopic (exact) mass is 252 g/mol. The number of esters is 1. The number of alkyl halides is 3. The van der Waals surface area contributed by atoms with Crippen molar-refractivity contribution in [2.75, 3.05) is 14.2 Å². The van der Waals surface area contributed by atoms with Crippen molar-refractivity contribution in [2.45, 2.75) is 6.18 Å². The molecule has 1 aromatic rings. The first-order chi connectivity index (χ1) is 7.81. The van der Waals surface area contributed by atoms with Gasteiger partial charge in [0, 0.05) is 0 Å². The fourth-order valence-corrected chi connectivity index (χ4v) is 1.23. The van der Waals surface area contributed by atoms with Crippen molar-refractivity contribution in [1.82, 2.24) is 0 Å². The fraction of sp³-hybridized carbons (Fsp3) is 0.300. The summed E-state index contributed by atoms with van der Waals surface area (Å²) < 4.78 is 59.3. The minimum Gasteiger partial charge on any atom is -0.493 e. The third-order valence-electron chi connectivity index (χ3n) is 1.98. The van der Waals surface area contributed by atoms with E-state index in [4.69, 9.17) is 0 Å². The van der Waals surface area contributed by atoms with Crippen LogP contribution in [0.25, 0.3) is 0 Å². The van der Waals surface area contributed by atoms with Gasteiger partial charge in [0.2, 0.25) is 0 Å². The van der Waals surface area contributed by atoms with E-state index < -0.39 is 34.8 Å². The second kappa shape index (κ2) is 4.60. The SMILES string of the molecule is COC(=O)c1cc(C(F)(F)F)cc(F)c1OC. The summed E-state index contributed by atoms with van der Waals surface area (Å²) in [7, 11) is 2.01. The lowest BCUT2D eigenvalue weighted by Gasteiger charge is -2.12. The molecule has 0 saturated carbocycles. The van der Waals surface area contributed by atoms with Crippen molar-refractivity contribution < 1.29 is 31.8 Å². The van der Waals surface area contributed by atoms with Crippen molar-refractivity contribution in [3.05, 3.63) is 29.1 Å². The van der Waals surface area contributed by atoms with E-state index in [-0.39, 0.29) is 6.07 Å². The van der Waals surface area contributed by atoms with E-state index in [1.54, 1.807) is 0 Å². The highest BCUT2D eigenvalue weighted by Crippen LogP contribution is 2.34. The van der Waals surface area contributed by atoms with Crippen LogP contribution in [-0.2, 0) is 10.9 Å². The molecular weight excluding hydrogens is 244 g/mol. The van der Waals surface area contributed by atoms with Gasteiger partial charge in [-0.1, -0.05) is 0 Å². The molecule has 0 amide bonds. The molecule has 0 aliphatic carbocycles. The van der Waals surface area contributed by atoms with E-state index >= 15 is 0 Å². The lowest BCUT2D eigenvalue weighted by Crippen LogP contribution is -2.11. The topological polar surface area (TPSA) is 35.5 Å². The van der Waals surface area contributed by atoms with Crippen LogP contribution >= 0.6 is 0 Å². The van der Waals surface area contributed by atoms with Gasteiger partial charge < -0.3 is 9.47 Å². The highest BCUT2D eigenvalue weighted by Gasteiger charge is 2.34. The summed E-state index contributed by atoms with van der Waals surface area (Å²) in [6.45, 7) is 0. The third kappa shape index (κ3) is 2.66. The van der Waals surface area contributed by atoms with Crippen LogP contribution in [-0.4, -0.2) is 20.2 Å². The molecule has 3 nitrogen and oxygen atoms in total. The molecule has 0 spiro atoms. The van der Waals surface area contributed by atoms with Crippen molar-refractivity contribution in [1.29, 1.82) is 0 Å². The van der Waals surface area contributed by atoms with Crippen molar-refractivity contribution in [2.24, 2.45) is 0 Å². The molecule has 0 aliphatic rings. The number of carbonyl (C=O) groups excluding carboxylic acids is 1. The van der Waals surface area contributed by atoms with Gasteiger partial charge in [0.05, 0.1) is 19.8 Å². The molecule has 1 aromatic carbocycles. The van der Waals surface area contributed by atoms with E-state index in [9.17, 15) is 22.4 Å². The third-order valence-corrected chi connectivity index (χ3v) is 1.98. The summed E-state index contributed by atoms with van der Waals surface area (Å²) in [6.07, 6.45) is -4.75. The first kappa shape index (κ1) is 13.3. The zero-order chi connectivity index (χ0) is 13.2. The summed E-state index contributed by atoms with van der Waals surface area (Å²) in [6, 6.07) is 0.735. The molecule has 0 N–H and O–H groups in total. The highest BCUT2D eigenvalue weighted by atomic mass is 19.4. The van der Waals surface area contributed by atoms with Gasteiger partial charge in [-0.25, -0.2) is 9.18 Å². The Morgan fingerprint density at radius 1 is 1.24 bits per heavy atom. The van der Waals surface area contributed by atoms with Crippen LogP contribution in [0.3, 0.4) is 0 Å². The summed E-state index contributed by atoms with van der Waals surface area (Å²) in [5.74, 6) is -2.96. The normalized spacial score (nSPS) is 11.2. The number of rotatable bonds is 2. The zero-order valence-electron chi connectivity index (χ0n) is 8.89. The van der Waals surface area contributed by atoms with Gasteiger partial charge in [-0.3, -0.25) is 0 Å². The van der Waals surface area contributed by atoms with Gasteiger partial charge in [0.25, 0.3) is 0 Å². The molecule has 0 unspecified atom stereocenters. The number of halogens is 4. The molecule has 0 atom stereocenters. The maximum absolute atomic E-state index is 13.3. The first-order valence-corrected chi connectivity index (χ1v) is 4.34. The summed E-state index contributed by atoms with van der Waals surface area (Å²) >= 11 is 0. The average Bonchev–Trinajstić information content (AvgIpc) is 2.25. The Labute approximate surface area is 93.9 Å². The number of hydrogen-bond acceptors (Lipinski definition) is 3. The maximum Gasteiger partial charge on any atom is 0.416 e. The number of hydrogen-bond donors (Lipinski definition) is 0. The van der Waals surface area contributed by atoms with Crippen LogP contribution in [0.4, 0.5) is 17.6 Å². The summed E-state index contributed by atoms with van der Waals surface area (Å²) in [4.78, 5) is 11.2. The lowest BCUT2D eigenvalue weighted by molar-refractivity contribution is -0.137. The van der Waals surface area contributed by atoms with Crippen molar-refractivity contribution >= 4 is 5.97 Å². The standard InChI is InChI=1S/C10H8F4O3/c1-16-8-6(9(15)17-2)3-5(4-7(8)11)10(12,13)14/h3-4H,1-2H3.